The van der Waals surface area contributed by atoms with E-state index in [1.807, 2.05) is 6.92 Å². The Morgan fingerprint density at radius 3 is 2.66 bits per heavy atom. The van der Waals surface area contributed by atoms with E-state index in [1.54, 1.807) is 6.07 Å². The molecule has 0 radical (unpaired) electrons. The van der Waals surface area contributed by atoms with E-state index in [9.17, 15) is 14.3 Å². The summed E-state index contributed by atoms with van der Waals surface area (Å²) >= 11 is 0. The number of halogens is 2. The lowest BCUT2D eigenvalue weighted by Gasteiger charge is -2.55. The van der Waals surface area contributed by atoms with Gasteiger partial charge >= 0.3 is 0 Å². The maximum atomic E-state index is 15.9. The van der Waals surface area contributed by atoms with Crippen LogP contribution in [0.15, 0.2) is 35.1 Å². The number of nitrogens with zero attached hydrogens (tertiary/aromatic N) is 4. The van der Waals surface area contributed by atoms with Crippen LogP contribution in [-0.4, -0.2) is 48.1 Å². The zero-order valence-corrected chi connectivity index (χ0v) is 21.8. The van der Waals surface area contributed by atoms with E-state index >= 15 is 4.39 Å². The molecule has 38 heavy (non-hydrogen) atoms. The minimum atomic E-state index is -1.12. The summed E-state index contributed by atoms with van der Waals surface area (Å²) in [6, 6.07) is 6.63. The number of aromatic hydroxyl groups is 1. The summed E-state index contributed by atoms with van der Waals surface area (Å²) < 4.78 is 31.2. The molecular formula is C28H32F2N6O2. The van der Waals surface area contributed by atoms with Crippen LogP contribution in [0.3, 0.4) is 0 Å². The Hall–Kier alpha value is -3.40. The summed E-state index contributed by atoms with van der Waals surface area (Å²) in [7, 11) is 1.35. The quantitative estimate of drug-likeness (QED) is 0.426. The number of pyridine rings is 1. The summed E-state index contributed by atoms with van der Waals surface area (Å²) in [6.45, 7) is 4.11. The van der Waals surface area contributed by atoms with Gasteiger partial charge < -0.3 is 15.7 Å². The van der Waals surface area contributed by atoms with Gasteiger partial charge in [0.1, 0.15) is 17.6 Å². The number of fused-ring (bicyclic) bond motifs is 2. The molecule has 6 rings (SSSR count). The van der Waals surface area contributed by atoms with Crippen LogP contribution in [0, 0.1) is 5.95 Å². The number of hydrogen-bond acceptors (Lipinski definition) is 7. The second-order valence-corrected chi connectivity index (χ2v) is 11.7. The van der Waals surface area contributed by atoms with Crippen molar-refractivity contribution in [2.75, 3.05) is 5.32 Å². The molecule has 1 saturated carbocycles. The number of hydrogen-bond donors (Lipinski definition) is 3. The zero-order valence-electron chi connectivity index (χ0n) is 21.8. The number of alkyl halides is 1. The number of phenolic OH excluding ortho intramolecular Hbond substituents is 1. The van der Waals surface area contributed by atoms with Gasteiger partial charge in [-0.2, -0.15) is 4.39 Å². The molecule has 4 heterocycles. The van der Waals surface area contributed by atoms with Crippen molar-refractivity contribution < 1.29 is 13.9 Å². The molecule has 10 heteroatoms. The summed E-state index contributed by atoms with van der Waals surface area (Å²) in [5.41, 5.74) is 0.590. The molecule has 2 bridgehead atoms. The smallest absolute Gasteiger partial charge is 0.253 e. The molecule has 200 valence electrons. The summed E-state index contributed by atoms with van der Waals surface area (Å²) in [4.78, 5) is 17.1. The molecule has 3 fully saturated rings. The molecule has 8 nitrogen and oxygen atoms in total. The van der Waals surface area contributed by atoms with Crippen LogP contribution in [-0.2, 0) is 7.05 Å². The molecule has 3 N–H and O–H groups in total. The van der Waals surface area contributed by atoms with E-state index in [2.05, 4.69) is 27.8 Å². The Morgan fingerprint density at radius 1 is 1.13 bits per heavy atom. The Kier molecular flexibility index (Phi) is 5.79. The van der Waals surface area contributed by atoms with Crippen LogP contribution in [0.1, 0.15) is 64.0 Å². The van der Waals surface area contributed by atoms with Crippen LogP contribution >= 0.6 is 0 Å². The second kappa shape index (κ2) is 8.83. The van der Waals surface area contributed by atoms with E-state index in [-0.39, 0.29) is 28.6 Å². The third-order valence-electron chi connectivity index (χ3n) is 8.40. The van der Waals surface area contributed by atoms with Crippen molar-refractivity contribution in [3.63, 3.8) is 0 Å². The van der Waals surface area contributed by atoms with Crippen LogP contribution in [0.25, 0.3) is 22.5 Å². The fourth-order valence-corrected chi connectivity index (χ4v) is 6.26. The maximum absolute atomic E-state index is 15.9. The van der Waals surface area contributed by atoms with E-state index in [0.29, 0.717) is 23.4 Å². The average molecular weight is 523 g/mol. The van der Waals surface area contributed by atoms with Crippen molar-refractivity contribution in [3.8, 4) is 28.3 Å². The number of piperidine rings is 2. The van der Waals surface area contributed by atoms with E-state index in [4.69, 9.17) is 4.98 Å². The molecule has 0 spiro atoms. The lowest BCUT2D eigenvalue weighted by molar-refractivity contribution is 0.00866. The lowest BCUT2D eigenvalue weighted by Crippen LogP contribution is -2.71. The molecule has 1 aromatic carbocycles. The van der Waals surface area contributed by atoms with Gasteiger partial charge in [0.25, 0.3) is 5.56 Å². The standard InChI is InChI=1S/C28H32F2N6O2/c1-27-9-4-10-28(2,35-27)24(30)20(14-27)31-26-23(15-5-6-15)33-34-25(32-26)18-8-7-17(37)13-19(18)16-11-21(29)36(3)22(38)12-16/h7-8,11-13,15,20,24,35,37H,4-6,9-10,14H2,1-3H3,(H,31,32,34)/t20-,24-,27-,28+/m0/s1. The van der Waals surface area contributed by atoms with Crippen molar-refractivity contribution in [1.29, 1.82) is 0 Å². The van der Waals surface area contributed by atoms with E-state index < -0.39 is 29.3 Å². The van der Waals surface area contributed by atoms with Crippen molar-refractivity contribution in [3.05, 3.63) is 52.3 Å². The van der Waals surface area contributed by atoms with Crippen molar-refractivity contribution in [1.82, 2.24) is 25.1 Å². The van der Waals surface area contributed by atoms with Gasteiger partial charge in [-0.15, -0.1) is 10.2 Å². The van der Waals surface area contributed by atoms with Gasteiger partial charge in [-0.3, -0.25) is 9.36 Å². The van der Waals surface area contributed by atoms with E-state index in [0.717, 1.165) is 42.4 Å². The number of anilines is 1. The summed E-state index contributed by atoms with van der Waals surface area (Å²) in [5, 5.41) is 26.1. The third-order valence-corrected chi connectivity index (χ3v) is 8.40. The van der Waals surface area contributed by atoms with Gasteiger partial charge in [0.15, 0.2) is 17.6 Å². The van der Waals surface area contributed by atoms with Gasteiger partial charge in [-0.1, -0.05) is 0 Å². The molecule has 2 aliphatic heterocycles. The lowest BCUT2D eigenvalue weighted by atomic mass is 9.68. The average Bonchev–Trinajstić information content (AvgIpc) is 3.70. The number of benzene rings is 1. The Bertz CT molecular complexity index is 1470. The first kappa shape index (κ1) is 24.9. The number of aromatic nitrogens is 4. The van der Waals surface area contributed by atoms with Gasteiger partial charge in [0.2, 0.25) is 0 Å². The fraction of sp³-hybridized carbons (Fsp3) is 0.500. The minimum absolute atomic E-state index is 0.0475. The normalized spacial score (nSPS) is 28.8. The zero-order chi connectivity index (χ0) is 26.8. The monoisotopic (exact) mass is 522 g/mol. The fourth-order valence-electron chi connectivity index (χ4n) is 6.26. The molecule has 0 amide bonds. The molecule has 2 aromatic heterocycles. The molecule has 4 atom stereocenters. The maximum Gasteiger partial charge on any atom is 0.253 e. The molecule has 2 saturated heterocycles. The van der Waals surface area contributed by atoms with Crippen molar-refractivity contribution in [2.45, 2.75) is 81.6 Å². The van der Waals surface area contributed by atoms with Crippen LogP contribution in [0.2, 0.25) is 0 Å². The Labute approximate surface area is 219 Å². The van der Waals surface area contributed by atoms with Crippen molar-refractivity contribution >= 4 is 5.82 Å². The number of nitrogens with one attached hydrogen (secondary N) is 2. The first-order valence-corrected chi connectivity index (χ1v) is 13.2. The summed E-state index contributed by atoms with van der Waals surface area (Å²) in [5.74, 6) is 0.220. The van der Waals surface area contributed by atoms with Gasteiger partial charge in [0, 0.05) is 35.7 Å². The molecule has 0 unspecified atom stereocenters. The van der Waals surface area contributed by atoms with Crippen LogP contribution in [0.4, 0.5) is 14.6 Å². The largest absolute Gasteiger partial charge is 0.508 e. The highest BCUT2D eigenvalue weighted by Gasteiger charge is 2.53. The molecule has 1 aliphatic carbocycles. The number of phenols is 1. The second-order valence-electron chi connectivity index (χ2n) is 11.7. The first-order chi connectivity index (χ1) is 18.1. The summed E-state index contributed by atoms with van der Waals surface area (Å²) in [6.07, 6.45) is 4.20. The highest BCUT2D eigenvalue weighted by molar-refractivity contribution is 5.81. The molecule has 3 aromatic rings. The predicted octanol–water partition coefficient (Wildman–Crippen LogP) is 4.44. The Morgan fingerprint density at radius 2 is 1.92 bits per heavy atom. The van der Waals surface area contributed by atoms with Gasteiger partial charge in [0.05, 0.1) is 6.04 Å². The topological polar surface area (TPSA) is 105 Å². The first-order valence-electron chi connectivity index (χ1n) is 13.2. The molecular weight excluding hydrogens is 490 g/mol. The third kappa shape index (κ3) is 4.34. The van der Waals surface area contributed by atoms with Gasteiger partial charge in [-0.25, -0.2) is 9.37 Å². The van der Waals surface area contributed by atoms with Crippen LogP contribution in [0.5, 0.6) is 5.75 Å². The highest BCUT2D eigenvalue weighted by atomic mass is 19.1. The number of rotatable bonds is 5. The predicted molar refractivity (Wildman–Crippen MR) is 140 cm³/mol. The highest BCUT2D eigenvalue weighted by Crippen LogP contribution is 2.45. The van der Waals surface area contributed by atoms with E-state index in [1.165, 1.54) is 31.3 Å². The van der Waals surface area contributed by atoms with Gasteiger partial charge in [-0.05, 0) is 87.8 Å². The van der Waals surface area contributed by atoms with Crippen molar-refractivity contribution in [2.24, 2.45) is 7.05 Å². The minimum Gasteiger partial charge on any atom is -0.508 e. The SMILES string of the molecule is Cn1c(F)cc(-c2cc(O)ccc2-c2nnc(C3CC3)c(N[C@H]3C[C@]4(C)CCC[C@@](C)(N4)[C@H]3F)n2)cc1=O. The molecule has 3 aliphatic rings. The Balaban J connectivity index is 1.42. The van der Waals surface area contributed by atoms with Crippen LogP contribution < -0.4 is 16.2 Å².